The van der Waals surface area contributed by atoms with E-state index in [0.29, 0.717) is 6.61 Å². The van der Waals surface area contributed by atoms with Gasteiger partial charge in [0, 0.05) is 30.1 Å². The molecule has 2 aromatic heterocycles. The van der Waals surface area contributed by atoms with Gasteiger partial charge in [-0.15, -0.1) is 0 Å². The molecular formula is C11H14N4O. The van der Waals surface area contributed by atoms with Crippen LogP contribution in [0, 0.1) is 6.92 Å². The lowest BCUT2D eigenvalue weighted by molar-refractivity contribution is 0.109. The van der Waals surface area contributed by atoms with Crippen LogP contribution in [0.25, 0.3) is 0 Å². The molecule has 0 unspecified atom stereocenters. The molecule has 0 fully saturated rings. The lowest BCUT2D eigenvalue weighted by Gasteiger charge is -2.12. The third kappa shape index (κ3) is 1.53. The number of aromatic amines is 1. The van der Waals surface area contributed by atoms with Gasteiger partial charge < -0.3 is 9.30 Å². The maximum Gasteiger partial charge on any atom is 0.105 e. The fourth-order valence-electron chi connectivity index (χ4n) is 2.03. The van der Waals surface area contributed by atoms with Crippen LogP contribution in [0.3, 0.4) is 0 Å². The minimum Gasteiger partial charge on any atom is -0.376 e. The highest BCUT2D eigenvalue weighted by Gasteiger charge is 2.17. The second-order valence-corrected chi connectivity index (χ2v) is 4.03. The predicted octanol–water partition coefficient (Wildman–Crippen LogP) is 1.04. The van der Waals surface area contributed by atoms with E-state index in [0.717, 1.165) is 31.1 Å². The summed E-state index contributed by atoms with van der Waals surface area (Å²) in [5, 5.41) is 7.45. The number of hydrogen-bond donors (Lipinski definition) is 1. The van der Waals surface area contributed by atoms with Crippen molar-refractivity contribution in [1.29, 1.82) is 0 Å². The van der Waals surface area contributed by atoms with E-state index in [1.165, 1.54) is 11.3 Å². The number of hydrogen-bond acceptors (Lipinski definition) is 3. The maximum atomic E-state index is 5.46. The van der Waals surface area contributed by atoms with E-state index in [1.54, 1.807) is 0 Å². The minimum absolute atomic E-state index is 0.676. The number of ether oxygens (including phenoxy) is 1. The van der Waals surface area contributed by atoms with Gasteiger partial charge in [-0.1, -0.05) is 0 Å². The first-order valence-electron chi connectivity index (χ1n) is 5.45. The van der Waals surface area contributed by atoms with Crippen LogP contribution >= 0.6 is 0 Å². The zero-order valence-corrected chi connectivity index (χ0v) is 9.23. The van der Waals surface area contributed by atoms with Gasteiger partial charge in [-0.05, 0) is 6.92 Å². The first kappa shape index (κ1) is 9.59. The number of H-pyrrole nitrogens is 1. The fraction of sp³-hybridized carbons (Fsp3) is 0.455. The number of imidazole rings is 1. The van der Waals surface area contributed by atoms with Gasteiger partial charge in [-0.25, -0.2) is 4.98 Å². The van der Waals surface area contributed by atoms with Crippen molar-refractivity contribution in [3.63, 3.8) is 0 Å². The van der Waals surface area contributed by atoms with Crippen LogP contribution in [-0.2, 0) is 24.3 Å². The molecule has 2 aromatic rings. The molecule has 0 radical (unpaired) electrons. The molecule has 0 saturated heterocycles. The molecule has 0 saturated carbocycles. The highest BCUT2D eigenvalue weighted by molar-refractivity contribution is 5.26. The highest BCUT2D eigenvalue weighted by Crippen LogP contribution is 2.19. The Bertz CT molecular complexity index is 500. The Balaban J connectivity index is 1.90. The largest absolute Gasteiger partial charge is 0.376 e. The number of nitrogens with one attached hydrogen (secondary N) is 1. The van der Waals surface area contributed by atoms with Crippen LogP contribution in [0.1, 0.15) is 22.8 Å². The van der Waals surface area contributed by atoms with Crippen LogP contribution in [0.5, 0.6) is 0 Å². The van der Waals surface area contributed by atoms with Crippen LogP contribution in [-0.4, -0.2) is 26.4 Å². The average Bonchev–Trinajstić information content (AvgIpc) is 2.88. The van der Waals surface area contributed by atoms with E-state index in [4.69, 9.17) is 4.74 Å². The highest BCUT2D eigenvalue weighted by atomic mass is 16.5. The monoisotopic (exact) mass is 218 g/mol. The molecule has 3 heterocycles. The van der Waals surface area contributed by atoms with E-state index in [-0.39, 0.29) is 0 Å². The number of aromatic nitrogens is 4. The molecule has 0 spiro atoms. The SMILES string of the molecule is Cc1nccn1Cc1n[nH]c2c1COCC2. The third-order valence-electron chi connectivity index (χ3n) is 3.02. The standard InChI is InChI=1S/C11H14N4O/c1-8-12-3-4-15(8)6-11-9-7-16-5-2-10(9)13-14-11/h3-4H,2,5-7H2,1H3,(H,13,14). The summed E-state index contributed by atoms with van der Waals surface area (Å²) >= 11 is 0. The van der Waals surface area contributed by atoms with E-state index >= 15 is 0 Å². The van der Waals surface area contributed by atoms with Crippen molar-refractivity contribution < 1.29 is 4.74 Å². The second-order valence-electron chi connectivity index (χ2n) is 4.03. The van der Waals surface area contributed by atoms with E-state index in [2.05, 4.69) is 19.7 Å². The Morgan fingerprint density at radius 3 is 3.31 bits per heavy atom. The summed E-state index contributed by atoms with van der Waals surface area (Å²) in [6, 6.07) is 0. The van der Waals surface area contributed by atoms with Crippen molar-refractivity contribution in [1.82, 2.24) is 19.7 Å². The Morgan fingerprint density at radius 2 is 2.50 bits per heavy atom. The van der Waals surface area contributed by atoms with E-state index in [9.17, 15) is 0 Å². The number of nitrogens with zero attached hydrogens (tertiary/aromatic N) is 3. The first-order valence-corrected chi connectivity index (χ1v) is 5.45. The number of fused-ring (bicyclic) bond motifs is 1. The molecule has 0 aliphatic carbocycles. The zero-order chi connectivity index (χ0) is 11.0. The molecule has 1 aliphatic heterocycles. The van der Waals surface area contributed by atoms with Crippen LogP contribution in [0.2, 0.25) is 0 Å². The van der Waals surface area contributed by atoms with Crippen LogP contribution in [0.15, 0.2) is 12.4 Å². The predicted molar refractivity (Wildman–Crippen MR) is 58.0 cm³/mol. The molecule has 84 valence electrons. The molecule has 3 rings (SSSR count). The summed E-state index contributed by atoms with van der Waals surface area (Å²) in [6.45, 7) is 4.23. The molecule has 5 heteroatoms. The third-order valence-corrected chi connectivity index (χ3v) is 3.02. The number of aryl methyl sites for hydroxylation is 1. The quantitative estimate of drug-likeness (QED) is 0.819. The molecule has 0 amide bonds. The molecular weight excluding hydrogens is 204 g/mol. The lowest BCUT2D eigenvalue weighted by atomic mass is 10.1. The summed E-state index contributed by atoms with van der Waals surface area (Å²) in [7, 11) is 0. The summed E-state index contributed by atoms with van der Waals surface area (Å²) in [6.07, 6.45) is 4.72. The molecule has 5 nitrogen and oxygen atoms in total. The van der Waals surface area contributed by atoms with Gasteiger partial charge in [0.05, 0.1) is 25.5 Å². The van der Waals surface area contributed by atoms with Gasteiger partial charge in [0.2, 0.25) is 0 Å². The molecule has 0 atom stereocenters. The van der Waals surface area contributed by atoms with Gasteiger partial charge in [0.15, 0.2) is 0 Å². The van der Waals surface area contributed by atoms with E-state index < -0.39 is 0 Å². The van der Waals surface area contributed by atoms with Crippen LogP contribution < -0.4 is 0 Å². The molecule has 16 heavy (non-hydrogen) atoms. The summed E-state index contributed by atoms with van der Waals surface area (Å²) in [5.74, 6) is 1.01. The Labute approximate surface area is 93.5 Å². The smallest absolute Gasteiger partial charge is 0.105 e. The molecule has 0 aromatic carbocycles. The average molecular weight is 218 g/mol. The Morgan fingerprint density at radius 1 is 1.56 bits per heavy atom. The minimum atomic E-state index is 0.676. The van der Waals surface area contributed by atoms with Crippen molar-refractivity contribution in [3.8, 4) is 0 Å². The van der Waals surface area contributed by atoms with Gasteiger partial charge in [0.25, 0.3) is 0 Å². The second kappa shape index (κ2) is 3.75. The lowest BCUT2D eigenvalue weighted by Crippen LogP contribution is -2.11. The van der Waals surface area contributed by atoms with Crippen molar-refractivity contribution in [2.75, 3.05) is 6.61 Å². The van der Waals surface area contributed by atoms with Crippen molar-refractivity contribution in [3.05, 3.63) is 35.2 Å². The molecule has 0 bridgehead atoms. The molecule has 1 aliphatic rings. The summed E-state index contributed by atoms with van der Waals surface area (Å²) in [4.78, 5) is 4.20. The first-order chi connectivity index (χ1) is 7.84. The fourth-order valence-corrected chi connectivity index (χ4v) is 2.03. The van der Waals surface area contributed by atoms with Crippen LogP contribution in [0.4, 0.5) is 0 Å². The van der Waals surface area contributed by atoms with Gasteiger partial charge >= 0.3 is 0 Å². The topological polar surface area (TPSA) is 55.7 Å². The zero-order valence-electron chi connectivity index (χ0n) is 9.23. The maximum absolute atomic E-state index is 5.46. The van der Waals surface area contributed by atoms with Gasteiger partial charge in [-0.3, -0.25) is 5.10 Å². The van der Waals surface area contributed by atoms with Gasteiger partial charge in [0.1, 0.15) is 5.82 Å². The van der Waals surface area contributed by atoms with Crippen molar-refractivity contribution in [2.24, 2.45) is 0 Å². The van der Waals surface area contributed by atoms with Crippen molar-refractivity contribution in [2.45, 2.75) is 26.5 Å². The van der Waals surface area contributed by atoms with Gasteiger partial charge in [-0.2, -0.15) is 5.10 Å². The van der Waals surface area contributed by atoms with E-state index in [1.807, 2.05) is 19.3 Å². The summed E-state index contributed by atoms with van der Waals surface area (Å²) < 4.78 is 7.55. The normalized spacial score (nSPS) is 15.1. The number of rotatable bonds is 2. The van der Waals surface area contributed by atoms with Crippen molar-refractivity contribution >= 4 is 0 Å². The Hall–Kier alpha value is -1.62. The summed E-state index contributed by atoms with van der Waals surface area (Å²) in [5.41, 5.74) is 3.51. The Kier molecular flexibility index (Phi) is 2.25. The molecule has 1 N–H and O–H groups in total.